The van der Waals surface area contributed by atoms with Crippen molar-refractivity contribution in [2.75, 3.05) is 11.1 Å². The van der Waals surface area contributed by atoms with E-state index in [0.717, 1.165) is 12.1 Å². The second-order valence-corrected chi connectivity index (χ2v) is 4.44. The fourth-order valence-corrected chi connectivity index (χ4v) is 1.77. The average molecular weight is 287 g/mol. The van der Waals surface area contributed by atoms with Crippen molar-refractivity contribution in [3.05, 3.63) is 52.3 Å². The first kappa shape index (κ1) is 13.5. The van der Waals surface area contributed by atoms with Crippen molar-refractivity contribution in [1.82, 2.24) is 0 Å². The first-order valence-corrected chi connectivity index (χ1v) is 5.74. The van der Waals surface area contributed by atoms with Gasteiger partial charge in [-0.3, -0.25) is 0 Å². The molecule has 0 spiro atoms. The number of hydrogen-bond acceptors (Lipinski definition) is 2. The average Bonchev–Trinajstić information content (AvgIpc) is 2.36. The van der Waals surface area contributed by atoms with Gasteiger partial charge in [0.05, 0.1) is 16.4 Å². The van der Waals surface area contributed by atoms with Gasteiger partial charge in [-0.1, -0.05) is 11.6 Å². The topological polar surface area (TPSA) is 38.0 Å². The van der Waals surface area contributed by atoms with Gasteiger partial charge in [-0.2, -0.15) is 0 Å². The van der Waals surface area contributed by atoms with Crippen molar-refractivity contribution in [2.45, 2.75) is 6.92 Å². The molecule has 0 saturated heterocycles. The molecule has 0 aliphatic heterocycles. The van der Waals surface area contributed by atoms with E-state index >= 15 is 0 Å². The van der Waals surface area contributed by atoms with Gasteiger partial charge in [0.2, 0.25) is 0 Å². The highest BCUT2D eigenvalue weighted by molar-refractivity contribution is 6.33. The molecule has 0 saturated carbocycles. The summed E-state index contributed by atoms with van der Waals surface area (Å²) < 4.78 is 39.4. The third-order valence-electron chi connectivity index (χ3n) is 2.65. The molecule has 19 heavy (non-hydrogen) atoms. The normalized spacial score (nSPS) is 10.6. The van der Waals surface area contributed by atoms with Crippen LogP contribution in [0.15, 0.2) is 24.3 Å². The highest BCUT2D eigenvalue weighted by Crippen LogP contribution is 2.30. The summed E-state index contributed by atoms with van der Waals surface area (Å²) in [6.07, 6.45) is 0. The predicted molar refractivity (Wildman–Crippen MR) is 70.2 cm³/mol. The van der Waals surface area contributed by atoms with Crippen LogP contribution in [0.2, 0.25) is 5.02 Å². The molecule has 6 heteroatoms. The lowest BCUT2D eigenvalue weighted by Crippen LogP contribution is -2.01. The van der Waals surface area contributed by atoms with Crippen molar-refractivity contribution in [3.8, 4) is 0 Å². The van der Waals surface area contributed by atoms with E-state index in [-0.39, 0.29) is 10.7 Å². The largest absolute Gasteiger partial charge is 0.398 e. The van der Waals surface area contributed by atoms with Crippen molar-refractivity contribution >= 4 is 28.7 Å². The number of benzene rings is 2. The van der Waals surface area contributed by atoms with Crippen molar-refractivity contribution in [2.24, 2.45) is 0 Å². The molecule has 0 fully saturated rings. The first-order valence-electron chi connectivity index (χ1n) is 5.36. The van der Waals surface area contributed by atoms with E-state index in [2.05, 4.69) is 5.32 Å². The highest BCUT2D eigenvalue weighted by Gasteiger charge is 2.14. The SMILES string of the molecule is Cc1cc(N)c(Cl)cc1Nc1ccc(F)c(F)c1F. The van der Waals surface area contributed by atoms with Crippen LogP contribution in [0, 0.1) is 24.4 Å². The second-order valence-electron chi connectivity index (χ2n) is 4.04. The lowest BCUT2D eigenvalue weighted by molar-refractivity contribution is 0.449. The van der Waals surface area contributed by atoms with Gasteiger partial charge >= 0.3 is 0 Å². The molecule has 0 heterocycles. The number of rotatable bonds is 2. The third-order valence-corrected chi connectivity index (χ3v) is 2.98. The van der Waals surface area contributed by atoms with Crippen LogP contribution in [0.25, 0.3) is 0 Å². The number of halogens is 4. The van der Waals surface area contributed by atoms with E-state index in [4.69, 9.17) is 17.3 Å². The fourth-order valence-electron chi connectivity index (χ4n) is 1.61. The Labute approximate surface area is 113 Å². The van der Waals surface area contributed by atoms with Gasteiger partial charge in [0.25, 0.3) is 0 Å². The van der Waals surface area contributed by atoms with Gasteiger partial charge < -0.3 is 11.1 Å². The maximum Gasteiger partial charge on any atom is 0.196 e. The molecular weight excluding hydrogens is 277 g/mol. The standard InChI is InChI=1S/C13H10ClF3N2/c1-6-4-9(18)7(14)5-11(6)19-10-3-2-8(15)12(16)13(10)17/h2-5,19H,18H2,1H3. The quantitative estimate of drug-likeness (QED) is 0.634. The molecule has 2 nitrogen and oxygen atoms in total. The molecule has 3 N–H and O–H groups in total. The summed E-state index contributed by atoms with van der Waals surface area (Å²) in [6, 6.07) is 5.04. The predicted octanol–water partition coefficient (Wildman–Crippen LogP) is 4.39. The summed E-state index contributed by atoms with van der Waals surface area (Å²) in [5, 5.41) is 2.94. The lowest BCUT2D eigenvalue weighted by Gasteiger charge is -2.12. The minimum absolute atomic E-state index is 0.178. The molecule has 0 amide bonds. The number of nitrogens with one attached hydrogen (secondary N) is 1. The fraction of sp³-hybridized carbons (Fsp3) is 0.0769. The van der Waals surface area contributed by atoms with Crippen LogP contribution in [-0.2, 0) is 0 Å². The van der Waals surface area contributed by atoms with E-state index < -0.39 is 17.5 Å². The number of anilines is 3. The van der Waals surface area contributed by atoms with E-state index in [0.29, 0.717) is 16.9 Å². The molecular formula is C13H10ClF3N2. The Hall–Kier alpha value is -1.88. The Balaban J connectivity index is 2.42. The Morgan fingerprint density at radius 2 is 1.74 bits per heavy atom. The van der Waals surface area contributed by atoms with Crippen molar-refractivity contribution in [3.63, 3.8) is 0 Å². The lowest BCUT2D eigenvalue weighted by atomic mass is 10.1. The zero-order valence-corrected chi connectivity index (χ0v) is 10.7. The molecule has 0 radical (unpaired) electrons. The minimum Gasteiger partial charge on any atom is -0.398 e. The Morgan fingerprint density at radius 3 is 2.42 bits per heavy atom. The van der Waals surface area contributed by atoms with E-state index in [1.807, 2.05) is 0 Å². The number of nitrogen functional groups attached to an aromatic ring is 1. The van der Waals surface area contributed by atoms with Crippen molar-refractivity contribution < 1.29 is 13.2 Å². The minimum atomic E-state index is -1.52. The molecule has 0 aliphatic carbocycles. The number of hydrogen-bond donors (Lipinski definition) is 2. The van der Waals surface area contributed by atoms with Gasteiger partial charge in [0.1, 0.15) is 0 Å². The van der Waals surface area contributed by atoms with E-state index in [9.17, 15) is 13.2 Å². The van der Waals surface area contributed by atoms with Crippen LogP contribution in [0.1, 0.15) is 5.56 Å². The van der Waals surface area contributed by atoms with Gasteiger partial charge in [0, 0.05) is 5.69 Å². The zero-order valence-electron chi connectivity index (χ0n) is 9.90. The molecule has 100 valence electrons. The smallest absolute Gasteiger partial charge is 0.196 e. The van der Waals surface area contributed by atoms with Gasteiger partial charge in [0.15, 0.2) is 17.5 Å². The summed E-state index contributed by atoms with van der Waals surface area (Å²) in [4.78, 5) is 0. The maximum atomic E-state index is 13.5. The summed E-state index contributed by atoms with van der Waals surface area (Å²) in [6.45, 7) is 1.73. The van der Waals surface area contributed by atoms with Crippen LogP contribution in [0.4, 0.5) is 30.2 Å². The van der Waals surface area contributed by atoms with E-state index in [1.165, 1.54) is 6.07 Å². The zero-order chi connectivity index (χ0) is 14.2. The van der Waals surface area contributed by atoms with Gasteiger partial charge in [-0.05, 0) is 36.8 Å². The molecule has 2 aromatic carbocycles. The number of aryl methyl sites for hydroxylation is 1. The van der Waals surface area contributed by atoms with E-state index in [1.54, 1.807) is 13.0 Å². The molecule has 2 aromatic rings. The molecule has 2 rings (SSSR count). The monoisotopic (exact) mass is 286 g/mol. The van der Waals surface area contributed by atoms with Crippen LogP contribution in [0.3, 0.4) is 0 Å². The summed E-state index contributed by atoms with van der Waals surface area (Å²) in [5.41, 5.74) is 6.98. The van der Waals surface area contributed by atoms with Crippen molar-refractivity contribution in [1.29, 1.82) is 0 Å². The van der Waals surface area contributed by atoms with Crippen LogP contribution < -0.4 is 11.1 Å². The molecule has 0 aromatic heterocycles. The summed E-state index contributed by atoms with van der Waals surface area (Å²) in [7, 11) is 0. The van der Waals surface area contributed by atoms with Crippen LogP contribution in [0.5, 0.6) is 0 Å². The van der Waals surface area contributed by atoms with Gasteiger partial charge in [-0.15, -0.1) is 0 Å². The molecule has 0 aliphatic rings. The maximum absolute atomic E-state index is 13.5. The molecule has 0 bridgehead atoms. The van der Waals surface area contributed by atoms with Gasteiger partial charge in [-0.25, -0.2) is 13.2 Å². The second kappa shape index (κ2) is 5.01. The third kappa shape index (κ3) is 2.61. The summed E-state index contributed by atoms with van der Waals surface area (Å²) >= 11 is 5.86. The Kier molecular flexibility index (Phi) is 3.57. The Bertz CT molecular complexity index is 644. The Morgan fingerprint density at radius 1 is 1.05 bits per heavy atom. The highest BCUT2D eigenvalue weighted by atomic mass is 35.5. The van der Waals surface area contributed by atoms with Crippen LogP contribution in [-0.4, -0.2) is 0 Å². The van der Waals surface area contributed by atoms with Crippen LogP contribution >= 0.6 is 11.6 Å². The first-order chi connectivity index (χ1) is 8.90. The molecule has 0 unspecified atom stereocenters. The number of nitrogens with two attached hydrogens (primary N) is 1. The molecule has 0 atom stereocenters. The summed E-state index contributed by atoms with van der Waals surface area (Å²) in [5.74, 6) is -4.05.